The summed E-state index contributed by atoms with van der Waals surface area (Å²) in [6, 6.07) is 0.499. The summed E-state index contributed by atoms with van der Waals surface area (Å²) in [6.07, 6.45) is 1.56. The van der Waals surface area contributed by atoms with Crippen LogP contribution in [0, 0.1) is 5.92 Å². The number of rotatable bonds is 4. The molecule has 0 spiro atoms. The summed E-state index contributed by atoms with van der Waals surface area (Å²) < 4.78 is 5.43. The number of carboxylic acids is 2. The van der Waals surface area contributed by atoms with Gasteiger partial charge in [0.2, 0.25) is 0 Å². The molecule has 9 nitrogen and oxygen atoms in total. The van der Waals surface area contributed by atoms with Gasteiger partial charge in [0.05, 0.1) is 0 Å². The third-order valence-electron chi connectivity index (χ3n) is 4.36. The molecule has 9 heteroatoms. The summed E-state index contributed by atoms with van der Waals surface area (Å²) in [7, 11) is 0. The number of aliphatic carboxylic acids is 2. The van der Waals surface area contributed by atoms with Gasteiger partial charge in [-0.05, 0) is 46.0 Å². The fourth-order valence-corrected chi connectivity index (χ4v) is 3.15. The minimum absolute atomic E-state index is 0.0627. The van der Waals surface area contributed by atoms with Gasteiger partial charge >= 0.3 is 17.9 Å². The summed E-state index contributed by atoms with van der Waals surface area (Å²) in [4.78, 5) is 31.5. The molecule has 2 aliphatic rings. The van der Waals surface area contributed by atoms with Crippen LogP contribution in [0.5, 0.6) is 0 Å². The molecular weight excluding hydrogens is 346 g/mol. The Morgan fingerprint density at radius 2 is 1.50 bits per heavy atom. The average molecular weight is 375 g/mol. The molecule has 1 saturated heterocycles. The first-order valence-corrected chi connectivity index (χ1v) is 8.73. The van der Waals surface area contributed by atoms with Gasteiger partial charge in [0.25, 0.3) is 0 Å². The maximum absolute atomic E-state index is 11.9. The van der Waals surface area contributed by atoms with Crippen LogP contribution in [-0.2, 0) is 19.1 Å². The van der Waals surface area contributed by atoms with Crippen LogP contribution in [0.4, 0.5) is 0 Å². The molecule has 0 radical (unpaired) electrons. The maximum Gasteiger partial charge on any atom is 0.335 e. The Balaban J connectivity index is 0.000000294. The molecule has 0 amide bonds. The minimum atomic E-state index is -2.27. The fourth-order valence-electron chi connectivity index (χ4n) is 3.15. The highest BCUT2D eigenvalue weighted by Gasteiger charge is 2.39. The first kappa shape index (κ1) is 22.3. The topological polar surface area (TPSA) is 153 Å². The fraction of sp³-hybridized carbons (Fsp3) is 0.824. The molecule has 1 heterocycles. The van der Waals surface area contributed by atoms with E-state index in [1.807, 2.05) is 20.8 Å². The van der Waals surface area contributed by atoms with Crippen LogP contribution in [0.3, 0.4) is 0 Å². The number of hydrogen-bond acceptors (Lipinski definition) is 7. The summed E-state index contributed by atoms with van der Waals surface area (Å²) in [6.45, 7) is 5.77. The highest BCUT2D eigenvalue weighted by Crippen LogP contribution is 2.33. The zero-order chi connectivity index (χ0) is 20.1. The summed E-state index contributed by atoms with van der Waals surface area (Å²) >= 11 is 0. The van der Waals surface area contributed by atoms with Crippen LogP contribution in [0.15, 0.2) is 0 Å². The van der Waals surface area contributed by atoms with Crippen molar-refractivity contribution in [1.82, 2.24) is 5.32 Å². The number of aliphatic hydroxyl groups excluding tert-OH is 2. The summed E-state index contributed by atoms with van der Waals surface area (Å²) in [5.74, 6) is -2.90. The van der Waals surface area contributed by atoms with Crippen LogP contribution in [-0.4, -0.2) is 68.2 Å². The molecule has 3 unspecified atom stereocenters. The van der Waals surface area contributed by atoms with Gasteiger partial charge in [0.1, 0.15) is 11.6 Å². The Morgan fingerprint density at radius 1 is 1.00 bits per heavy atom. The lowest BCUT2D eigenvalue weighted by Gasteiger charge is -2.24. The van der Waals surface area contributed by atoms with Gasteiger partial charge in [0.15, 0.2) is 12.2 Å². The van der Waals surface area contributed by atoms with Gasteiger partial charge in [-0.3, -0.25) is 4.79 Å². The number of carbonyl (C=O) groups is 3. The highest BCUT2D eigenvalue weighted by atomic mass is 16.6. The lowest BCUT2D eigenvalue weighted by atomic mass is 9.85. The number of fused-ring (bicyclic) bond motifs is 1. The average Bonchev–Trinajstić information content (AvgIpc) is 2.96. The van der Waals surface area contributed by atoms with Crippen molar-refractivity contribution in [3.05, 3.63) is 0 Å². The highest BCUT2D eigenvalue weighted by molar-refractivity contribution is 5.83. The summed E-state index contributed by atoms with van der Waals surface area (Å²) in [5.41, 5.74) is -0.369. The zero-order valence-electron chi connectivity index (χ0n) is 15.3. The van der Waals surface area contributed by atoms with Crippen molar-refractivity contribution in [3.63, 3.8) is 0 Å². The van der Waals surface area contributed by atoms with Crippen molar-refractivity contribution < 1.29 is 39.5 Å². The lowest BCUT2D eigenvalue weighted by molar-refractivity contribution is -0.165. The van der Waals surface area contributed by atoms with E-state index in [4.69, 9.17) is 25.2 Å². The monoisotopic (exact) mass is 375 g/mol. The van der Waals surface area contributed by atoms with Gasteiger partial charge < -0.3 is 30.5 Å². The number of carbonyl (C=O) groups excluding carboxylic acids is 1. The molecule has 5 N–H and O–H groups in total. The number of aliphatic hydroxyl groups is 2. The second-order valence-electron chi connectivity index (χ2n) is 7.71. The molecule has 26 heavy (non-hydrogen) atoms. The van der Waals surface area contributed by atoms with Crippen LogP contribution in [0.1, 0.15) is 52.9 Å². The first-order chi connectivity index (χ1) is 11.9. The van der Waals surface area contributed by atoms with Crippen molar-refractivity contribution in [3.8, 4) is 0 Å². The molecule has 2 fully saturated rings. The minimum Gasteiger partial charge on any atom is -0.479 e. The van der Waals surface area contributed by atoms with E-state index in [1.165, 1.54) is 25.7 Å². The van der Waals surface area contributed by atoms with Crippen LogP contribution in [0.2, 0.25) is 0 Å². The molecule has 0 aromatic rings. The smallest absolute Gasteiger partial charge is 0.335 e. The normalized spacial score (nSPS) is 27.3. The Kier molecular flexibility index (Phi) is 7.98. The largest absolute Gasteiger partial charge is 0.479 e. The third kappa shape index (κ3) is 6.89. The van der Waals surface area contributed by atoms with Gasteiger partial charge in [-0.2, -0.15) is 0 Å². The lowest BCUT2D eigenvalue weighted by Crippen LogP contribution is -2.40. The molecule has 0 aromatic heterocycles. The van der Waals surface area contributed by atoms with E-state index in [1.54, 1.807) is 0 Å². The second kappa shape index (κ2) is 9.29. The molecule has 0 bridgehead atoms. The van der Waals surface area contributed by atoms with E-state index < -0.39 is 24.1 Å². The molecule has 150 valence electrons. The molecule has 0 aromatic carbocycles. The Morgan fingerprint density at radius 3 is 1.92 bits per heavy atom. The molecule has 1 aliphatic heterocycles. The van der Waals surface area contributed by atoms with E-state index in [0.29, 0.717) is 12.0 Å². The number of nitrogens with one attached hydrogen (secondary N) is 1. The molecule has 1 aliphatic carbocycles. The standard InChI is InChI=1S/C13H23NO2.C4H6O6/c1-13(2,3)16-12(15)11-8-9-6-4-5-7-10(9)14-11;5-1(3(7)8)2(6)4(9)10/h9-11,14H,4-8H2,1-3H3;1-2,5-6H,(H,7,8)(H,9,10)/t;1-,2-/m.0/s1. The van der Waals surface area contributed by atoms with E-state index >= 15 is 0 Å². The van der Waals surface area contributed by atoms with E-state index in [9.17, 15) is 14.4 Å². The Hall–Kier alpha value is -1.71. The number of esters is 1. The van der Waals surface area contributed by atoms with Crippen LogP contribution in [0.25, 0.3) is 0 Å². The zero-order valence-corrected chi connectivity index (χ0v) is 15.3. The van der Waals surface area contributed by atoms with Crippen molar-refractivity contribution in [2.24, 2.45) is 5.92 Å². The van der Waals surface area contributed by atoms with E-state index in [2.05, 4.69) is 5.32 Å². The number of ether oxygens (including phenoxy) is 1. The van der Waals surface area contributed by atoms with Crippen LogP contribution < -0.4 is 5.32 Å². The van der Waals surface area contributed by atoms with E-state index in [0.717, 1.165) is 6.42 Å². The first-order valence-electron chi connectivity index (χ1n) is 8.73. The maximum atomic E-state index is 11.9. The third-order valence-corrected chi connectivity index (χ3v) is 4.36. The van der Waals surface area contributed by atoms with Crippen molar-refractivity contribution >= 4 is 17.9 Å². The molecule has 2 rings (SSSR count). The Bertz CT molecular complexity index is 483. The Labute approximate surface area is 152 Å². The van der Waals surface area contributed by atoms with Gasteiger partial charge in [-0.15, -0.1) is 0 Å². The molecular formula is C17H29NO8. The van der Waals surface area contributed by atoms with Crippen molar-refractivity contribution in [2.45, 2.75) is 82.8 Å². The number of hydrogen-bond donors (Lipinski definition) is 5. The van der Waals surface area contributed by atoms with Crippen molar-refractivity contribution in [1.29, 1.82) is 0 Å². The summed E-state index contributed by atoms with van der Waals surface area (Å²) in [5, 5.41) is 36.0. The van der Waals surface area contributed by atoms with Gasteiger partial charge in [0, 0.05) is 6.04 Å². The van der Waals surface area contributed by atoms with Crippen molar-refractivity contribution in [2.75, 3.05) is 0 Å². The predicted molar refractivity (Wildman–Crippen MR) is 90.4 cm³/mol. The number of carboxylic acid groups (broad SMARTS) is 2. The van der Waals surface area contributed by atoms with Gasteiger partial charge in [-0.25, -0.2) is 9.59 Å². The second-order valence-corrected chi connectivity index (χ2v) is 7.71. The van der Waals surface area contributed by atoms with Crippen LogP contribution >= 0.6 is 0 Å². The predicted octanol–water partition coefficient (Wildman–Crippen LogP) is 0.126. The SMILES string of the molecule is CC(C)(C)OC(=O)C1CC2CCCCC2N1.O=C(O)[C@@H](O)[C@H](O)C(=O)O. The molecule has 1 saturated carbocycles. The van der Waals surface area contributed by atoms with Gasteiger partial charge in [-0.1, -0.05) is 12.8 Å². The molecule has 5 atom stereocenters. The quantitative estimate of drug-likeness (QED) is 0.431. The van der Waals surface area contributed by atoms with E-state index in [-0.39, 0.29) is 17.6 Å².